The van der Waals surface area contributed by atoms with Gasteiger partial charge in [-0.05, 0) is 12.5 Å². The van der Waals surface area contributed by atoms with Gasteiger partial charge in [0.1, 0.15) is 11.2 Å². The van der Waals surface area contributed by atoms with Gasteiger partial charge < -0.3 is 14.1 Å². The van der Waals surface area contributed by atoms with Crippen LogP contribution in [-0.4, -0.2) is 42.6 Å². The minimum Gasteiger partial charge on any atom is -0.479 e. The number of carbonyl (C=O) groups is 1. The first-order chi connectivity index (χ1) is 17.1. The molecule has 1 amide bonds. The van der Waals surface area contributed by atoms with E-state index in [0.29, 0.717) is 4.52 Å². The van der Waals surface area contributed by atoms with Crippen molar-refractivity contribution in [2.45, 2.75) is 20.0 Å². The van der Waals surface area contributed by atoms with Crippen LogP contribution in [0.1, 0.15) is 18.3 Å². The highest BCUT2D eigenvalue weighted by Gasteiger charge is 2.39. The fraction of sp³-hybridized carbons (Fsp3) is 0.182. The number of ether oxygens (including phenoxy) is 1. The molecule has 2 N–H and O–H groups in total. The van der Waals surface area contributed by atoms with Crippen LogP contribution in [0.15, 0.2) is 39.5 Å². The van der Waals surface area contributed by atoms with Gasteiger partial charge in [0, 0.05) is 12.6 Å². The average molecular weight is 499 g/mol. The van der Waals surface area contributed by atoms with E-state index in [2.05, 4.69) is 30.4 Å². The number of amides is 1. The number of hydrogen-bond acceptors (Lipinski definition) is 8. The molecule has 4 heterocycles. The third-order valence-electron chi connectivity index (χ3n) is 5.23. The SMILES string of the molecule is COc1nc(NC(C)=O)nc2oc(-c3c(C)[nH]c4c(-c5ccccc5)c(C(F)(F)F)nn4c3=O)nc12. The van der Waals surface area contributed by atoms with Crippen molar-refractivity contribution < 1.29 is 27.1 Å². The minimum atomic E-state index is -4.83. The lowest BCUT2D eigenvalue weighted by Crippen LogP contribution is -2.20. The van der Waals surface area contributed by atoms with Crippen LogP contribution in [0.3, 0.4) is 0 Å². The van der Waals surface area contributed by atoms with E-state index in [0.717, 1.165) is 0 Å². The molecule has 14 heteroatoms. The van der Waals surface area contributed by atoms with E-state index in [9.17, 15) is 22.8 Å². The number of aromatic nitrogens is 6. The molecule has 11 nitrogen and oxygen atoms in total. The Morgan fingerprint density at radius 2 is 1.86 bits per heavy atom. The number of halogens is 3. The van der Waals surface area contributed by atoms with Crippen molar-refractivity contribution in [3.05, 3.63) is 52.1 Å². The lowest BCUT2D eigenvalue weighted by Gasteiger charge is -2.07. The summed E-state index contributed by atoms with van der Waals surface area (Å²) in [6.07, 6.45) is -4.83. The normalized spacial score (nSPS) is 11.8. The Kier molecular flexibility index (Phi) is 5.23. The van der Waals surface area contributed by atoms with E-state index < -0.39 is 23.3 Å². The number of anilines is 1. The van der Waals surface area contributed by atoms with Crippen LogP contribution < -0.4 is 15.6 Å². The zero-order valence-corrected chi connectivity index (χ0v) is 18.9. The Balaban J connectivity index is 1.77. The van der Waals surface area contributed by atoms with Crippen LogP contribution in [0.25, 0.3) is 39.5 Å². The first kappa shape index (κ1) is 23.0. The van der Waals surface area contributed by atoms with Gasteiger partial charge in [0.05, 0.1) is 12.7 Å². The van der Waals surface area contributed by atoms with Crippen molar-refractivity contribution in [1.82, 2.24) is 29.5 Å². The number of carbonyl (C=O) groups excluding carboxylic acids is 1. The van der Waals surface area contributed by atoms with Crippen LogP contribution in [0.5, 0.6) is 5.88 Å². The summed E-state index contributed by atoms with van der Waals surface area (Å²) in [5.74, 6) is -0.852. The number of alkyl halides is 3. The minimum absolute atomic E-state index is 0.0429. The van der Waals surface area contributed by atoms with Gasteiger partial charge in [-0.2, -0.15) is 32.8 Å². The number of rotatable bonds is 4. The predicted molar refractivity (Wildman–Crippen MR) is 120 cm³/mol. The summed E-state index contributed by atoms with van der Waals surface area (Å²) in [5, 5.41) is 5.99. The molecule has 0 aliphatic rings. The highest BCUT2D eigenvalue weighted by molar-refractivity contribution is 5.88. The van der Waals surface area contributed by atoms with Gasteiger partial charge in [-0.15, -0.1) is 0 Å². The molecule has 0 spiro atoms. The van der Waals surface area contributed by atoms with Crippen molar-refractivity contribution in [2.24, 2.45) is 0 Å². The molecule has 5 rings (SSSR count). The first-order valence-electron chi connectivity index (χ1n) is 10.4. The second-order valence-electron chi connectivity index (χ2n) is 7.69. The molecule has 1 aromatic carbocycles. The summed E-state index contributed by atoms with van der Waals surface area (Å²) >= 11 is 0. The molecule has 184 valence electrons. The molecule has 0 aliphatic heterocycles. The molecular formula is C22H16F3N7O4. The third-order valence-corrected chi connectivity index (χ3v) is 5.23. The summed E-state index contributed by atoms with van der Waals surface area (Å²) in [6, 6.07) is 7.81. The number of H-pyrrole nitrogens is 1. The second-order valence-corrected chi connectivity index (χ2v) is 7.69. The number of benzene rings is 1. The molecule has 0 radical (unpaired) electrons. The molecule has 0 fully saturated rings. The molecule has 0 bridgehead atoms. The molecule has 5 aromatic rings. The van der Waals surface area contributed by atoms with Gasteiger partial charge in [0.2, 0.25) is 23.6 Å². The standard InChI is InChI=1S/C22H16F3N7O4/c1-9-12(17-28-14-18(35-3)29-21(27-10(2)33)30-19(14)36-17)20(34)32-16(26-9)13(11-7-5-4-6-8-11)15(31-32)22(23,24)25/h4-8,26H,1-3H3,(H,27,29,30,33). The molecule has 4 aromatic heterocycles. The summed E-state index contributed by atoms with van der Waals surface area (Å²) < 4.78 is 53.1. The Bertz CT molecular complexity index is 1700. The Labute approximate surface area is 199 Å². The lowest BCUT2D eigenvalue weighted by molar-refractivity contribution is -0.140. The molecule has 0 atom stereocenters. The Hall–Kier alpha value is -4.75. The van der Waals surface area contributed by atoms with Crippen LogP contribution in [0.2, 0.25) is 0 Å². The number of aromatic amines is 1. The zero-order chi connectivity index (χ0) is 25.8. The maximum atomic E-state index is 13.9. The van der Waals surface area contributed by atoms with Crippen molar-refractivity contribution in [1.29, 1.82) is 0 Å². The summed E-state index contributed by atoms with van der Waals surface area (Å²) in [7, 11) is 1.31. The Morgan fingerprint density at radius 3 is 2.50 bits per heavy atom. The van der Waals surface area contributed by atoms with Gasteiger partial charge in [-0.25, -0.2) is 4.98 Å². The largest absolute Gasteiger partial charge is 0.479 e. The maximum absolute atomic E-state index is 13.9. The fourth-order valence-corrected chi connectivity index (χ4v) is 3.78. The quantitative estimate of drug-likeness (QED) is 0.382. The van der Waals surface area contributed by atoms with Crippen LogP contribution in [0, 0.1) is 6.92 Å². The van der Waals surface area contributed by atoms with E-state index >= 15 is 0 Å². The highest BCUT2D eigenvalue weighted by atomic mass is 19.4. The molecular weight excluding hydrogens is 483 g/mol. The van der Waals surface area contributed by atoms with E-state index in [1.807, 2.05) is 0 Å². The number of oxazole rings is 1. The van der Waals surface area contributed by atoms with Crippen LogP contribution >= 0.6 is 0 Å². The summed E-state index contributed by atoms with van der Waals surface area (Å²) in [6.45, 7) is 2.75. The van der Waals surface area contributed by atoms with Crippen LogP contribution in [0.4, 0.5) is 19.1 Å². The van der Waals surface area contributed by atoms with Crippen molar-refractivity contribution in [3.8, 4) is 28.5 Å². The number of fused-ring (bicyclic) bond motifs is 2. The fourth-order valence-electron chi connectivity index (χ4n) is 3.78. The van der Waals surface area contributed by atoms with Gasteiger partial charge in [0.15, 0.2) is 11.2 Å². The van der Waals surface area contributed by atoms with Crippen molar-refractivity contribution in [3.63, 3.8) is 0 Å². The molecule has 36 heavy (non-hydrogen) atoms. The van der Waals surface area contributed by atoms with Gasteiger partial charge >= 0.3 is 6.18 Å². The average Bonchev–Trinajstić information content (AvgIpc) is 3.40. The van der Waals surface area contributed by atoms with Gasteiger partial charge in [-0.1, -0.05) is 30.3 Å². The topological polar surface area (TPSA) is 140 Å². The molecule has 0 unspecified atom stereocenters. The zero-order valence-electron chi connectivity index (χ0n) is 18.9. The van der Waals surface area contributed by atoms with Gasteiger partial charge in [-0.3, -0.25) is 14.9 Å². The monoisotopic (exact) mass is 499 g/mol. The number of nitrogens with zero attached hydrogens (tertiary/aromatic N) is 5. The number of hydrogen-bond donors (Lipinski definition) is 2. The smallest absolute Gasteiger partial charge is 0.435 e. The predicted octanol–water partition coefficient (Wildman–Crippen LogP) is 3.58. The molecule has 0 saturated carbocycles. The van der Waals surface area contributed by atoms with Crippen molar-refractivity contribution in [2.75, 3.05) is 12.4 Å². The highest BCUT2D eigenvalue weighted by Crippen LogP contribution is 2.38. The van der Waals surface area contributed by atoms with Crippen molar-refractivity contribution >= 4 is 28.7 Å². The molecule has 0 aliphatic carbocycles. The maximum Gasteiger partial charge on any atom is 0.435 e. The van der Waals surface area contributed by atoms with E-state index in [-0.39, 0.29) is 57.0 Å². The number of nitrogens with one attached hydrogen (secondary N) is 2. The first-order valence-corrected chi connectivity index (χ1v) is 10.4. The molecule has 0 saturated heterocycles. The summed E-state index contributed by atoms with van der Waals surface area (Å²) in [4.78, 5) is 39.9. The third kappa shape index (κ3) is 3.72. The Morgan fingerprint density at radius 1 is 1.14 bits per heavy atom. The summed E-state index contributed by atoms with van der Waals surface area (Å²) in [5.41, 5.74) is -2.34. The van der Waals surface area contributed by atoms with Gasteiger partial charge in [0.25, 0.3) is 11.3 Å². The van der Waals surface area contributed by atoms with E-state index in [1.165, 1.54) is 33.1 Å². The lowest BCUT2D eigenvalue weighted by atomic mass is 10.1. The number of methoxy groups -OCH3 is 1. The number of aryl methyl sites for hydroxylation is 1. The van der Waals surface area contributed by atoms with Crippen LogP contribution in [-0.2, 0) is 11.0 Å². The van der Waals surface area contributed by atoms with E-state index in [1.54, 1.807) is 18.2 Å². The van der Waals surface area contributed by atoms with E-state index in [4.69, 9.17) is 9.15 Å². The second kappa shape index (κ2) is 8.18.